The average molecular weight is 248 g/mol. The topological polar surface area (TPSA) is 63.1 Å². The normalized spacial score (nSPS) is 10.5. The molecule has 0 amide bonds. The zero-order chi connectivity index (χ0) is 12.4. The number of carboxylic acid groups (broad SMARTS) is 1. The van der Waals surface area contributed by atoms with Gasteiger partial charge in [-0.2, -0.15) is 0 Å². The maximum absolute atomic E-state index is 10.7. The van der Waals surface area contributed by atoms with Gasteiger partial charge >= 0.3 is 5.97 Å². The maximum atomic E-state index is 10.7. The quantitative estimate of drug-likeness (QED) is 0.906. The van der Waals surface area contributed by atoms with Crippen LogP contribution in [-0.2, 0) is 11.2 Å². The molecule has 0 aromatic carbocycles. The van der Waals surface area contributed by atoms with Crippen molar-refractivity contribution in [3.63, 3.8) is 0 Å². The third-order valence-corrected chi connectivity index (χ3v) is 3.58. The van der Waals surface area contributed by atoms with Crippen molar-refractivity contribution in [1.29, 1.82) is 0 Å². The van der Waals surface area contributed by atoms with Crippen LogP contribution in [0.3, 0.4) is 0 Å². The number of aliphatic carboxylic acids is 1. The Kier molecular flexibility index (Phi) is 3.19. The molecule has 0 saturated heterocycles. The van der Waals surface area contributed by atoms with Gasteiger partial charge in [0.1, 0.15) is 10.7 Å². The molecule has 0 saturated carbocycles. The highest BCUT2D eigenvalue weighted by atomic mass is 32.1. The molecule has 2 rings (SSSR count). The highest BCUT2D eigenvalue weighted by Gasteiger charge is 2.13. The van der Waals surface area contributed by atoms with Gasteiger partial charge in [-0.3, -0.25) is 9.78 Å². The van der Waals surface area contributed by atoms with Crippen molar-refractivity contribution in [3.8, 4) is 10.7 Å². The van der Waals surface area contributed by atoms with E-state index in [2.05, 4.69) is 9.97 Å². The minimum absolute atomic E-state index is 0.0232. The zero-order valence-electron chi connectivity index (χ0n) is 9.60. The second-order valence-electron chi connectivity index (χ2n) is 3.77. The van der Waals surface area contributed by atoms with Gasteiger partial charge in [-0.25, -0.2) is 4.98 Å². The molecule has 0 fully saturated rings. The van der Waals surface area contributed by atoms with E-state index in [0.717, 1.165) is 26.8 Å². The number of aryl methyl sites for hydroxylation is 2. The van der Waals surface area contributed by atoms with Crippen LogP contribution in [0.1, 0.15) is 16.1 Å². The Morgan fingerprint density at radius 1 is 1.47 bits per heavy atom. The van der Waals surface area contributed by atoms with Crippen molar-refractivity contribution in [2.45, 2.75) is 20.3 Å². The van der Waals surface area contributed by atoms with Crippen molar-refractivity contribution in [2.75, 3.05) is 0 Å². The SMILES string of the molecule is Cc1cccnc1-c1nc(C)c(CC(=O)O)s1. The molecule has 0 aliphatic carbocycles. The summed E-state index contributed by atoms with van der Waals surface area (Å²) < 4.78 is 0. The molecule has 5 heteroatoms. The number of thiazole rings is 1. The summed E-state index contributed by atoms with van der Waals surface area (Å²) in [7, 11) is 0. The Labute approximate surface area is 103 Å². The summed E-state index contributed by atoms with van der Waals surface area (Å²) in [6, 6.07) is 3.84. The number of nitrogens with zero attached hydrogens (tertiary/aromatic N) is 2. The van der Waals surface area contributed by atoms with Crippen LogP contribution < -0.4 is 0 Å². The molecule has 4 nitrogen and oxygen atoms in total. The van der Waals surface area contributed by atoms with Gasteiger partial charge in [-0.05, 0) is 25.5 Å². The molecule has 0 aliphatic rings. The lowest BCUT2D eigenvalue weighted by molar-refractivity contribution is -0.136. The van der Waals surface area contributed by atoms with Crippen molar-refractivity contribution >= 4 is 17.3 Å². The molecule has 2 heterocycles. The number of rotatable bonds is 3. The van der Waals surface area contributed by atoms with Crippen molar-refractivity contribution in [2.24, 2.45) is 0 Å². The van der Waals surface area contributed by atoms with E-state index in [1.165, 1.54) is 11.3 Å². The summed E-state index contributed by atoms with van der Waals surface area (Å²) in [5, 5.41) is 9.58. The molecule has 2 aromatic rings. The lowest BCUT2D eigenvalue weighted by Crippen LogP contribution is -1.99. The molecular formula is C12H12N2O2S. The molecule has 17 heavy (non-hydrogen) atoms. The fourth-order valence-electron chi connectivity index (χ4n) is 1.54. The van der Waals surface area contributed by atoms with Gasteiger partial charge in [0.2, 0.25) is 0 Å². The molecule has 0 atom stereocenters. The Morgan fingerprint density at radius 3 is 2.88 bits per heavy atom. The second-order valence-corrected chi connectivity index (χ2v) is 4.85. The summed E-state index contributed by atoms with van der Waals surface area (Å²) >= 11 is 1.40. The summed E-state index contributed by atoms with van der Waals surface area (Å²) in [6.45, 7) is 3.80. The Morgan fingerprint density at radius 2 is 2.24 bits per heavy atom. The third kappa shape index (κ3) is 2.50. The van der Waals surface area contributed by atoms with Crippen LogP contribution in [0.4, 0.5) is 0 Å². The van der Waals surface area contributed by atoms with E-state index in [9.17, 15) is 4.79 Å². The number of carbonyl (C=O) groups is 1. The maximum Gasteiger partial charge on any atom is 0.308 e. The lowest BCUT2D eigenvalue weighted by Gasteiger charge is -1.98. The van der Waals surface area contributed by atoms with Gasteiger partial charge in [0.05, 0.1) is 12.1 Å². The van der Waals surface area contributed by atoms with Crippen molar-refractivity contribution < 1.29 is 9.90 Å². The first-order valence-corrected chi connectivity index (χ1v) is 5.99. The van der Waals surface area contributed by atoms with Crippen LogP contribution in [0.15, 0.2) is 18.3 Å². The number of hydrogen-bond donors (Lipinski definition) is 1. The number of carboxylic acids is 1. The van der Waals surface area contributed by atoms with Crippen molar-refractivity contribution in [1.82, 2.24) is 9.97 Å². The molecule has 88 valence electrons. The monoisotopic (exact) mass is 248 g/mol. The minimum atomic E-state index is -0.832. The van der Waals surface area contributed by atoms with E-state index in [-0.39, 0.29) is 6.42 Å². The van der Waals surface area contributed by atoms with Gasteiger partial charge in [-0.15, -0.1) is 11.3 Å². The van der Waals surface area contributed by atoms with Crippen LogP contribution >= 0.6 is 11.3 Å². The summed E-state index contributed by atoms with van der Waals surface area (Å²) in [4.78, 5) is 20.2. The first-order chi connectivity index (χ1) is 8.08. The van der Waals surface area contributed by atoms with E-state index in [1.807, 2.05) is 26.0 Å². The van der Waals surface area contributed by atoms with E-state index >= 15 is 0 Å². The number of pyridine rings is 1. The smallest absolute Gasteiger partial charge is 0.308 e. The molecule has 2 aromatic heterocycles. The summed E-state index contributed by atoms with van der Waals surface area (Å²) in [5.74, 6) is -0.832. The standard InChI is InChI=1S/C12H12N2O2S/c1-7-4-3-5-13-11(7)12-14-8(2)9(17-12)6-10(15)16/h3-5H,6H2,1-2H3,(H,15,16). The molecular weight excluding hydrogens is 236 g/mol. The van der Waals surface area contributed by atoms with E-state index in [0.29, 0.717) is 0 Å². The first kappa shape index (κ1) is 11.7. The predicted molar refractivity (Wildman–Crippen MR) is 66.2 cm³/mol. The molecule has 0 aliphatic heterocycles. The fraction of sp³-hybridized carbons (Fsp3) is 0.250. The van der Waals surface area contributed by atoms with Crippen LogP contribution in [0, 0.1) is 13.8 Å². The largest absolute Gasteiger partial charge is 0.481 e. The highest BCUT2D eigenvalue weighted by molar-refractivity contribution is 7.15. The van der Waals surface area contributed by atoms with E-state index < -0.39 is 5.97 Å². The minimum Gasteiger partial charge on any atom is -0.481 e. The number of hydrogen-bond acceptors (Lipinski definition) is 4. The molecule has 0 bridgehead atoms. The van der Waals surface area contributed by atoms with Gasteiger partial charge < -0.3 is 5.11 Å². The van der Waals surface area contributed by atoms with Gasteiger partial charge in [0.15, 0.2) is 0 Å². The van der Waals surface area contributed by atoms with Crippen molar-refractivity contribution in [3.05, 3.63) is 34.5 Å². The van der Waals surface area contributed by atoms with Crippen LogP contribution in [0.25, 0.3) is 10.7 Å². The van der Waals surface area contributed by atoms with Crippen LogP contribution in [0.5, 0.6) is 0 Å². The lowest BCUT2D eigenvalue weighted by atomic mass is 10.2. The first-order valence-electron chi connectivity index (χ1n) is 5.18. The summed E-state index contributed by atoms with van der Waals surface area (Å²) in [5.41, 5.74) is 2.65. The average Bonchev–Trinajstić information content (AvgIpc) is 2.60. The summed E-state index contributed by atoms with van der Waals surface area (Å²) in [6.07, 6.45) is 1.74. The molecule has 0 spiro atoms. The molecule has 0 unspecified atom stereocenters. The Balaban J connectivity index is 2.41. The van der Waals surface area contributed by atoms with E-state index in [4.69, 9.17) is 5.11 Å². The second kappa shape index (κ2) is 4.63. The Hall–Kier alpha value is -1.75. The van der Waals surface area contributed by atoms with Crippen LogP contribution in [-0.4, -0.2) is 21.0 Å². The third-order valence-electron chi connectivity index (χ3n) is 2.42. The fourth-order valence-corrected chi connectivity index (χ4v) is 2.66. The molecule has 0 radical (unpaired) electrons. The zero-order valence-corrected chi connectivity index (χ0v) is 10.4. The van der Waals surface area contributed by atoms with Gasteiger partial charge in [-0.1, -0.05) is 6.07 Å². The van der Waals surface area contributed by atoms with Crippen LogP contribution in [0.2, 0.25) is 0 Å². The van der Waals surface area contributed by atoms with Gasteiger partial charge in [0.25, 0.3) is 0 Å². The molecule has 1 N–H and O–H groups in total. The number of aromatic nitrogens is 2. The van der Waals surface area contributed by atoms with Gasteiger partial charge in [0, 0.05) is 11.1 Å². The highest BCUT2D eigenvalue weighted by Crippen LogP contribution is 2.28. The Bertz CT molecular complexity index is 563. The van der Waals surface area contributed by atoms with E-state index in [1.54, 1.807) is 6.20 Å². The predicted octanol–water partition coefficient (Wildman–Crippen LogP) is 2.45.